The number of halogens is 1. The lowest BCUT2D eigenvalue weighted by Crippen LogP contribution is -2.17. The normalized spacial score (nSPS) is 17.1. The van der Waals surface area contributed by atoms with Gasteiger partial charge in [0.15, 0.2) is 5.82 Å². The highest BCUT2D eigenvalue weighted by Crippen LogP contribution is 2.37. The molecule has 0 heterocycles. The van der Waals surface area contributed by atoms with Crippen molar-refractivity contribution >= 4 is 17.3 Å². The molecule has 0 amide bonds. The van der Waals surface area contributed by atoms with Gasteiger partial charge in [-0.25, -0.2) is 4.39 Å². The van der Waals surface area contributed by atoms with E-state index in [1.165, 1.54) is 6.07 Å². The molecule has 0 radical (unpaired) electrons. The maximum Gasteiger partial charge on any atom is 0.309 e. The Balaban J connectivity index is 2.36. The van der Waals surface area contributed by atoms with Gasteiger partial charge in [-0.15, -0.1) is 0 Å². The van der Waals surface area contributed by atoms with Crippen molar-refractivity contribution in [3.05, 3.63) is 33.1 Å². The molecule has 1 aliphatic carbocycles. The minimum absolute atomic E-state index is 0.169. The standard InChI is InChI=1S/C12H13FN2O4/c1-2-19-12(16)7-3-6-5-9(15(17)18)11(14)10(13)8(6)4-7/h5,7H,2-4,14H2,1H3. The number of nitrogens with two attached hydrogens (primary N) is 1. The first-order valence-corrected chi connectivity index (χ1v) is 5.86. The van der Waals surface area contributed by atoms with E-state index in [2.05, 4.69) is 0 Å². The van der Waals surface area contributed by atoms with Crippen LogP contribution in [0.15, 0.2) is 6.07 Å². The molecular weight excluding hydrogens is 255 g/mol. The predicted octanol–water partition coefficient (Wildman–Crippen LogP) is 1.59. The molecule has 1 aromatic carbocycles. The van der Waals surface area contributed by atoms with E-state index >= 15 is 0 Å². The zero-order valence-corrected chi connectivity index (χ0v) is 10.3. The first-order chi connectivity index (χ1) is 8.95. The number of nitrogen functional groups attached to an aromatic ring is 1. The summed E-state index contributed by atoms with van der Waals surface area (Å²) >= 11 is 0. The van der Waals surface area contributed by atoms with Crippen molar-refractivity contribution < 1.29 is 18.8 Å². The molecule has 0 bridgehead atoms. The number of benzene rings is 1. The van der Waals surface area contributed by atoms with E-state index < -0.39 is 34.0 Å². The Hall–Kier alpha value is -2.18. The topological polar surface area (TPSA) is 95.5 Å². The lowest BCUT2D eigenvalue weighted by molar-refractivity contribution is -0.384. The Kier molecular flexibility index (Phi) is 3.37. The number of ether oxygens (including phenoxy) is 1. The molecule has 1 aromatic rings. The molecule has 2 rings (SSSR count). The van der Waals surface area contributed by atoms with Gasteiger partial charge in [0, 0.05) is 6.07 Å². The van der Waals surface area contributed by atoms with E-state index in [1.54, 1.807) is 6.92 Å². The molecule has 0 spiro atoms. The van der Waals surface area contributed by atoms with Gasteiger partial charge < -0.3 is 10.5 Å². The van der Waals surface area contributed by atoms with E-state index in [0.29, 0.717) is 5.56 Å². The second-order valence-corrected chi connectivity index (χ2v) is 4.38. The van der Waals surface area contributed by atoms with Crippen LogP contribution in [0.3, 0.4) is 0 Å². The number of anilines is 1. The molecule has 19 heavy (non-hydrogen) atoms. The average Bonchev–Trinajstić information content (AvgIpc) is 2.78. The zero-order valence-electron chi connectivity index (χ0n) is 10.3. The number of hydrogen-bond acceptors (Lipinski definition) is 5. The van der Waals surface area contributed by atoms with Gasteiger partial charge in [0.1, 0.15) is 5.69 Å². The van der Waals surface area contributed by atoms with Crippen LogP contribution in [-0.2, 0) is 22.4 Å². The van der Waals surface area contributed by atoms with Crippen LogP contribution in [0.1, 0.15) is 18.1 Å². The number of nitro benzene ring substituents is 1. The highest BCUT2D eigenvalue weighted by atomic mass is 19.1. The second kappa shape index (κ2) is 4.83. The number of carbonyl (C=O) groups excluding carboxylic acids is 1. The van der Waals surface area contributed by atoms with Gasteiger partial charge in [0.2, 0.25) is 0 Å². The van der Waals surface area contributed by atoms with Crippen molar-refractivity contribution in [2.24, 2.45) is 5.92 Å². The summed E-state index contributed by atoms with van der Waals surface area (Å²) < 4.78 is 18.8. The lowest BCUT2D eigenvalue weighted by Gasteiger charge is -2.07. The molecule has 1 aliphatic rings. The maximum absolute atomic E-state index is 14.0. The van der Waals surface area contributed by atoms with Gasteiger partial charge in [-0.1, -0.05) is 0 Å². The second-order valence-electron chi connectivity index (χ2n) is 4.38. The third-order valence-electron chi connectivity index (χ3n) is 3.21. The number of rotatable bonds is 3. The fraction of sp³-hybridized carbons (Fsp3) is 0.417. The van der Waals surface area contributed by atoms with Gasteiger partial charge in [-0.3, -0.25) is 14.9 Å². The summed E-state index contributed by atoms with van der Waals surface area (Å²) in [5.74, 6) is -1.71. The summed E-state index contributed by atoms with van der Waals surface area (Å²) in [6.45, 7) is 1.93. The number of nitro groups is 1. The van der Waals surface area contributed by atoms with Crippen molar-refractivity contribution in [1.29, 1.82) is 0 Å². The maximum atomic E-state index is 14.0. The lowest BCUT2D eigenvalue weighted by atomic mass is 10.1. The molecule has 2 N–H and O–H groups in total. The van der Waals surface area contributed by atoms with Crippen molar-refractivity contribution in [1.82, 2.24) is 0 Å². The fourth-order valence-electron chi connectivity index (χ4n) is 2.31. The molecule has 7 heteroatoms. The molecule has 1 unspecified atom stereocenters. The van der Waals surface area contributed by atoms with Crippen LogP contribution in [0.5, 0.6) is 0 Å². The van der Waals surface area contributed by atoms with Gasteiger partial charge in [0.25, 0.3) is 5.69 Å². The molecule has 0 saturated heterocycles. The quantitative estimate of drug-likeness (QED) is 0.388. The van der Waals surface area contributed by atoms with Crippen LogP contribution in [0.2, 0.25) is 0 Å². The molecule has 0 aliphatic heterocycles. The summed E-state index contributed by atoms with van der Waals surface area (Å²) in [6.07, 6.45) is 0.411. The van der Waals surface area contributed by atoms with Gasteiger partial charge in [0.05, 0.1) is 17.4 Å². The van der Waals surface area contributed by atoms with Gasteiger partial charge >= 0.3 is 5.97 Å². The highest BCUT2D eigenvalue weighted by Gasteiger charge is 2.34. The van der Waals surface area contributed by atoms with Crippen LogP contribution in [0, 0.1) is 21.8 Å². The first kappa shape index (κ1) is 13.3. The summed E-state index contributed by atoms with van der Waals surface area (Å²) in [4.78, 5) is 21.7. The molecule has 0 saturated carbocycles. The number of hydrogen-bond donors (Lipinski definition) is 1. The first-order valence-electron chi connectivity index (χ1n) is 5.86. The van der Waals surface area contributed by atoms with Crippen molar-refractivity contribution in [2.45, 2.75) is 19.8 Å². The van der Waals surface area contributed by atoms with Crippen LogP contribution < -0.4 is 5.73 Å². The smallest absolute Gasteiger partial charge is 0.309 e. The summed E-state index contributed by atoms with van der Waals surface area (Å²) in [5.41, 5.74) is 5.20. The number of carbonyl (C=O) groups is 1. The van der Waals surface area contributed by atoms with Crippen molar-refractivity contribution in [3.63, 3.8) is 0 Å². The van der Waals surface area contributed by atoms with E-state index in [-0.39, 0.29) is 25.0 Å². The SMILES string of the molecule is CCOC(=O)C1Cc2cc([N+](=O)[O-])c(N)c(F)c2C1. The minimum Gasteiger partial charge on any atom is -0.466 e. The summed E-state index contributed by atoms with van der Waals surface area (Å²) in [5, 5.41) is 10.8. The number of esters is 1. The zero-order chi connectivity index (χ0) is 14.2. The Morgan fingerprint density at radius 1 is 1.63 bits per heavy atom. The Morgan fingerprint density at radius 2 is 2.32 bits per heavy atom. The summed E-state index contributed by atoms with van der Waals surface area (Å²) in [6, 6.07) is 1.24. The largest absolute Gasteiger partial charge is 0.466 e. The molecule has 102 valence electrons. The molecule has 0 aromatic heterocycles. The van der Waals surface area contributed by atoms with Gasteiger partial charge in [-0.2, -0.15) is 0 Å². The minimum atomic E-state index is -0.795. The van der Waals surface area contributed by atoms with Crippen LogP contribution in [-0.4, -0.2) is 17.5 Å². The van der Waals surface area contributed by atoms with E-state index in [9.17, 15) is 19.3 Å². The molecule has 6 nitrogen and oxygen atoms in total. The van der Waals surface area contributed by atoms with E-state index in [0.717, 1.165) is 0 Å². The van der Waals surface area contributed by atoms with Crippen LogP contribution in [0.4, 0.5) is 15.8 Å². The highest BCUT2D eigenvalue weighted by molar-refractivity contribution is 5.76. The number of fused-ring (bicyclic) bond motifs is 1. The third-order valence-corrected chi connectivity index (χ3v) is 3.21. The van der Waals surface area contributed by atoms with Crippen LogP contribution >= 0.6 is 0 Å². The van der Waals surface area contributed by atoms with Gasteiger partial charge in [-0.05, 0) is 30.9 Å². The molecular formula is C12H13FN2O4. The van der Waals surface area contributed by atoms with E-state index in [1.807, 2.05) is 0 Å². The Bertz CT molecular complexity index is 559. The summed E-state index contributed by atoms with van der Waals surface area (Å²) in [7, 11) is 0. The predicted molar refractivity (Wildman–Crippen MR) is 65.0 cm³/mol. The molecule has 1 atom stereocenters. The Labute approximate surface area is 108 Å². The van der Waals surface area contributed by atoms with Crippen molar-refractivity contribution in [3.8, 4) is 0 Å². The van der Waals surface area contributed by atoms with Crippen LogP contribution in [0.25, 0.3) is 0 Å². The average molecular weight is 268 g/mol. The van der Waals surface area contributed by atoms with Crippen molar-refractivity contribution in [2.75, 3.05) is 12.3 Å². The third kappa shape index (κ3) is 2.23. The monoisotopic (exact) mass is 268 g/mol. The number of nitrogens with zero attached hydrogens (tertiary/aromatic N) is 1. The fourth-order valence-corrected chi connectivity index (χ4v) is 2.31. The van der Waals surface area contributed by atoms with E-state index in [4.69, 9.17) is 10.5 Å². The Morgan fingerprint density at radius 3 is 2.89 bits per heavy atom. The molecule has 0 fully saturated rings.